The highest BCUT2D eigenvalue weighted by atomic mass is 32.2. The maximum Gasteiger partial charge on any atom is 0.248 e. The molecule has 1 aliphatic heterocycles. The molecule has 102 valence electrons. The van der Waals surface area contributed by atoms with Crippen LogP contribution in [0.1, 0.15) is 26.0 Å². The molecule has 7 heteroatoms. The van der Waals surface area contributed by atoms with Crippen molar-refractivity contribution in [3.05, 3.63) is 5.69 Å². The highest BCUT2D eigenvalue weighted by Gasteiger charge is 2.39. The van der Waals surface area contributed by atoms with Gasteiger partial charge in [0, 0.05) is 19.6 Å². The predicted octanol–water partition coefficient (Wildman–Crippen LogP) is 0.730. The Balaban J connectivity index is 2.49. The smallest absolute Gasteiger partial charge is 0.248 e. The van der Waals surface area contributed by atoms with Gasteiger partial charge in [0.2, 0.25) is 10.0 Å². The van der Waals surface area contributed by atoms with Gasteiger partial charge in [0.15, 0.2) is 5.82 Å². The average molecular weight is 272 g/mol. The molecular formula is C11H20N4O2S. The number of sulfonamides is 1. The fourth-order valence-corrected chi connectivity index (χ4v) is 4.70. The standard InChI is InChI=1S/C11H20N4O2S/c1-7-5-8(2)15(6-7)18(16,17)10-9(3)14(4)13-11(10)12/h7-8H,5-6H2,1-4H3,(H2,12,13). The van der Waals surface area contributed by atoms with Crippen LogP contribution in [0, 0.1) is 12.8 Å². The Morgan fingerprint density at radius 2 is 2.00 bits per heavy atom. The second kappa shape index (κ2) is 4.24. The minimum absolute atomic E-state index is 0.0176. The van der Waals surface area contributed by atoms with Crippen molar-refractivity contribution in [2.45, 2.75) is 38.1 Å². The van der Waals surface area contributed by atoms with Crippen molar-refractivity contribution < 1.29 is 8.42 Å². The molecule has 1 saturated heterocycles. The molecule has 0 aliphatic carbocycles. The third-order valence-electron chi connectivity index (χ3n) is 3.60. The van der Waals surface area contributed by atoms with Gasteiger partial charge in [-0.25, -0.2) is 8.42 Å². The van der Waals surface area contributed by atoms with Crippen LogP contribution in [-0.4, -0.2) is 35.1 Å². The van der Waals surface area contributed by atoms with E-state index < -0.39 is 10.0 Å². The largest absolute Gasteiger partial charge is 0.381 e. The molecule has 2 N–H and O–H groups in total. The van der Waals surface area contributed by atoms with Crippen LogP contribution < -0.4 is 5.73 Å². The Morgan fingerprint density at radius 3 is 2.39 bits per heavy atom. The predicted molar refractivity (Wildman–Crippen MR) is 69.5 cm³/mol. The summed E-state index contributed by atoms with van der Waals surface area (Å²) < 4.78 is 28.3. The van der Waals surface area contributed by atoms with E-state index in [0.29, 0.717) is 18.2 Å². The molecule has 1 aromatic heterocycles. The molecule has 0 saturated carbocycles. The number of nitrogen functional groups attached to an aromatic ring is 1. The first-order valence-corrected chi connectivity index (χ1v) is 7.50. The minimum Gasteiger partial charge on any atom is -0.381 e. The third kappa shape index (κ3) is 1.91. The van der Waals surface area contributed by atoms with Crippen molar-refractivity contribution in [3.63, 3.8) is 0 Å². The summed E-state index contributed by atoms with van der Waals surface area (Å²) in [5, 5.41) is 3.98. The van der Waals surface area contributed by atoms with Crippen LogP contribution in [-0.2, 0) is 17.1 Å². The second-order valence-corrected chi connectivity index (χ2v) is 7.02. The van der Waals surface area contributed by atoms with Gasteiger partial charge in [-0.15, -0.1) is 0 Å². The molecule has 2 unspecified atom stereocenters. The molecule has 1 fully saturated rings. The molecule has 2 atom stereocenters. The van der Waals surface area contributed by atoms with Gasteiger partial charge in [-0.2, -0.15) is 9.40 Å². The number of nitrogens with zero attached hydrogens (tertiary/aromatic N) is 3. The summed E-state index contributed by atoms with van der Waals surface area (Å²) in [4.78, 5) is 0.158. The highest BCUT2D eigenvalue weighted by Crippen LogP contribution is 2.32. The summed E-state index contributed by atoms with van der Waals surface area (Å²) in [5.74, 6) is 0.467. The Labute approximate surface area is 108 Å². The number of aryl methyl sites for hydroxylation is 1. The Kier molecular flexibility index (Phi) is 3.14. The summed E-state index contributed by atoms with van der Waals surface area (Å²) in [5.41, 5.74) is 6.32. The van der Waals surface area contributed by atoms with Crippen molar-refractivity contribution >= 4 is 15.8 Å². The van der Waals surface area contributed by atoms with Crippen molar-refractivity contribution in [1.29, 1.82) is 0 Å². The fraction of sp³-hybridized carbons (Fsp3) is 0.727. The average Bonchev–Trinajstić information content (AvgIpc) is 2.69. The molecule has 2 rings (SSSR count). The van der Waals surface area contributed by atoms with Gasteiger partial charge < -0.3 is 5.73 Å². The zero-order valence-electron chi connectivity index (χ0n) is 11.2. The van der Waals surface area contributed by atoms with Crippen LogP contribution in [0.5, 0.6) is 0 Å². The molecule has 1 aliphatic rings. The van der Waals surface area contributed by atoms with Crippen molar-refractivity contribution in [2.24, 2.45) is 13.0 Å². The lowest BCUT2D eigenvalue weighted by atomic mass is 10.1. The van der Waals surface area contributed by atoms with Crippen LogP contribution in [0.3, 0.4) is 0 Å². The molecule has 0 aromatic carbocycles. The van der Waals surface area contributed by atoms with Gasteiger partial charge in [0.1, 0.15) is 4.90 Å². The number of rotatable bonds is 2. The number of hydrogen-bond donors (Lipinski definition) is 1. The molecule has 2 heterocycles. The first kappa shape index (κ1) is 13.4. The van der Waals surface area contributed by atoms with E-state index in [4.69, 9.17) is 5.73 Å². The van der Waals surface area contributed by atoms with Gasteiger partial charge in [-0.3, -0.25) is 4.68 Å². The van der Waals surface area contributed by atoms with E-state index >= 15 is 0 Å². The van der Waals surface area contributed by atoms with Crippen LogP contribution in [0.4, 0.5) is 5.82 Å². The molecule has 6 nitrogen and oxygen atoms in total. The molecular weight excluding hydrogens is 252 g/mol. The maximum atomic E-state index is 12.6. The number of hydrogen-bond acceptors (Lipinski definition) is 4. The topological polar surface area (TPSA) is 81.2 Å². The van der Waals surface area contributed by atoms with Crippen LogP contribution >= 0.6 is 0 Å². The molecule has 18 heavy (non-hydrogen) atoms. The van der Waals surface area contributed by atoms with E-state index in [1.165, 1.54) is 8.99 Å². The fourth-order valence-electron chi connectivity index (χ4n) is 2.65. The SMILES string of the molecule is Cc1c(S(=O)(=O)N2CC(C)CC2C)c(N)nn1C. The summed E-state index contributed by atoms with van der Waals surface area (Å²) in [6.07, 6.45) is 0.887. The third-order valence-corrected chi connectivity index (χ3v) is 5.74. The number of nitrogens with two attached hydrogens (primary N) is 1. The van der Waals surface area contributed by atoms with Gasteiger partial charge in [0.25, 0.3) is 0 Å². The lowest BCUT2D eigenvalue weighted by Gasteiger charge is -2.20. The first-order valence-electron chi connectivity index (χ1n) is 6.06. The Hall–Kier alpha value is -1.08. The van der Waals surface area contributed by atoms with Crippen LogP contribution in [0.15, 0.2) is 4.90 Å². The lowest BCUT2D eigenvalue weighted by molar-refractivity contribution is 0.405. The summed E-state index contributed by atoms with van der Waals surface area (Å²) in [7, 11) is -1.84. The van der Waals surface area contributed by atoms with Gasteiger partial charge in [0.05, 0.1) is 5.69 Å². The number of anilines is 1. The zero-order chi connectivity index (χ0) is 13.7. The van der Waals surface area contributed by atoms with Crippen molar-refractivity contribution in [1.82, 2.24) is 14.1 Å². The lowest BCUT2D eigenvalue weighted by Crippen LogP contribution is -2.34. The second-order valence-electron chi connectivity index (χ2n) is 5.19. The van der Waals surface area contributed by atoms with E-state index in [0.717, 1.165) is 6.42 Å². The van der Waals surface area contributed by atoms with E-state index in [2.05, 4.69) is 12.0 Å². The quantitative estimate of drug-likeness (QED) is 0.860. The van der Waals surface area contributed by atoms with Gasteiger partial charge >= 0.3 is 0 Å². The molecule has 1 aromatic rings. The van der Waals surface area contributed by atoms with E-state index in [-0.39, 0.29) is 16.8 Å². The van der Waals surface area contributed by atoms with E-state index in [9.17, 15) is 8.42 Å². The Morgan fingerprint density at radius 1 is 1.39 bits per heavy atom. The minimum atomic E-state index is -3.54. The monoisotopic (exact) mass is 272 g/mol. The Bertz CT molecular complexity index is 564. The molecule has 0 bridgehead atoms. The summed E-state index contributed by atoms with van der Waals surface area (Å²) in [6, 6.07) is 0.0176. The molecule has 0 amide bonds. The summed E-state index contributed by atoms with van der Waals surface area (Å²) in [6.45, 7) is 6.27. The van der Waals surface area contributed by atoms with Gasteiger partial charge in [-0.05, 0) is 26.2 Å². The van der Waals surface area contributed by atoms with Crippen molar-refractivity contribution in [3.8, 4) is 0 Å². The van der Waals surface area contributed by atoms with E-state index in [1.807, 2.05) is 6.92 Å². The van der Waals surface area contributed by atoms with E-state index in [1.54, 1.807) is 14.0 Å². The first-order chi connectivity index (χ1) is 8.25. The van der Waals surface area contributed by atoms with Crippen molar-refractivity contribution in [2.75, 3.05) is 12.3 Å². The zero-order valence-corrected chi connectivity index (χ0v) is 12.0. The van der Waals surface area contributed by atoms with Crippen LogP contribution in [0.25, 0.3) is 0 Å². The van der Waals surface area contributed by atoms with Crippen LogP contribution in [0.2, 0.25) is 0 Å². The van der Waals surface area contributed by atoms with Gasteiger partial charge in [-0.1, -0.05) is 6.92 Å². The maximum absolute atomic E-state index is 12.6. The summed E-state index contributed by atoms with van der Waals surface area (Å²) >= 11 is 0. The molecule has 0 radical (unpaired) electrons. The number of aromatic nitrogens is 2. The normalized spacial score (nSPS) is 25.8. The highest BCUT2D eigenvalue weighted by molar-refractivity contribution is 7.89. The molecule has 0 spiro atoms.